The van der Waals surface area contributed by atoms with Gasteiger partial charge in [0.1, 0.15) is 5.84 Å². The normalized spacial score (nSPS) is 19.0. The number of fused-ring (bicyclic) bond motifs is 1. The highest BCUT2D eigenvalue weighted by molar-refractivity contribution is 7.90. The topological polar surface area (TPSA) is 117 Å². The summed E-state index contributed by atoms with van der Waals surface area (Å²) in [6, 6.07) is 0. The van der Waals surface area contributed by atoms with Crippen molar-refractivity contribution in [3.63, 3.8) is 0 Å². The number of sulfonamides is 1. The molecule has 150 valence electrons. The Kier molecular flexibility index (Phi) is 7.14. The Balaban J connectivity index is 2.13. The van der Waals surface area contributed by atoms with Crippen LogP contribution in [0.15, 0.2) is 28.3 Å². The Morgan fingerprint density at radius 1 is 1.41 bits per heavy atom. The molecule has 0 radical (unpaired) electrons. The number of nitrogens with zero attached hydrogens (tertiary/aromatic N) is 3. The zero-order valence-corrected chi connectivity index (χ0v) is 16.3. The minimum Gasteiger partial charge on any atom is -0.481 e. The summed E-state index contributed by atoms with van der Waals surface area (Å²) in [5.74, 6) is -1.81. The van der Waals surface area contributed by atoms with Gasteiger partial charge >= 0.3 is 5.97 Å². The van der Waals surface area contributed by atoms with E-state index in [2.05, 4.69) is 4.40 Å². The zero-order valence-electron chi connectivity index (χ0n) is 15.5. The number of carbonyl (C=O) groups excluding carboxylic acids is 1. The molecule has 0 aromatic heterocycles. The minimum atomic E-state index is -3.46. The molecule has 1 N–H and O–H groups in total. The van der Waals surface area contributed by atoms with Gasteiger partial charge in [0, 0.05) is 39.0 Å². The molecule has 0 saturated carbocycles. The predicted octanol–water partition coefficient (Wildman–Crippen LogP) is 0.460. The molecule has 27 heavy (non-hydrogen) atoms. The van der Waals surface area contributed by atoms with Gasteiger partial charge in [0.25, 0.3) is 15.9 Å². The van der Waals surface area contributed by atoms with Crippen molar-refractivity contribution in [2.24, 2.45) is 10.3 Å². The number of hydrogen-bond donors (Lipinski definition) is 1. The van der Waals surface area contributed by atoms with Crippen molar-refractivity contribution in [3.8, 4) is 0 Å². The lowest BCUT2D eigenvalue weighted by atomic mass is 10.1. The van der Waals surface area contributed by atoms with E-state index in [-0.39, 0.29) is 30.6 Å². The molecule has 0 aliphatic carbocycles. The molecule has 2 aliphatic rings. The van der Waals surface area contributed by atoms with Crippen molar-refractivity contribution in [1.29, 1.82) is 0 Å². The summed E-state index contributed by atoms with van der Waals surface area (Å²) in [4.78, 5) is 27.2. The van der Waals surface area contributed by atoms with E-state index in [0.717, 1.165) is 0 Å². The van der Waals surface area contributed by atoms with Gasteiger partial charge in [-0.25, -0.2) is 8.42 Å². The molecule has 9 nitrogen and oxygen atoms in total. The molecule has 2 rings (SSSR count). The van der Waals surface area contributed by atoms with Crippen LogP contribution in [-0.2, 0) is 24.3 Å². The zero-order chi connectivity index (χ0) is 20.0. The smallest absolute Gasteiger partial charge is 0.308 e. The van der Waals surface area contributed by atoms with Gasteiger partial charge in [-0.1, -0.05) is 6.92 Å². The van der Waals surface area contributed by atoms with E-state index in [9.17, 15) is 18.0 Å². The summed E-state index contributed by atoms with van der Waals surface area (Å²) in [7, 11) is -3.46. The maximum atomic E-state index is 12.9. The molecular weight excluding hydrogens is 374 g/mol. The standard InChI is InChI=1S/C17H25N3O6S/c1-3-26-9-4-7-20(11-13(2)17(22)23)16(21)14-5-6-15-18-27(24,25)10-8-19(15)12-14/h5-6,12-13H,3-4,7-11H2,1-2H3,(H,22,23). The van der Waals surface area contributed by atoms with Gasteiger partial charge in [0.2, 0.25) is 0 Å². The van der Waals surface area contributed by atoms with Crippen molar-refractivity contribution in [1.82, 2.24) is 9.80 Å². The molecule has 1 unspecified atom stereocenters. The SMILES string of the molecule is CCOCCCN(CC(C)C(=O)O)C(=O)C1=CN2CCS(=O)(=O)N=C2C=C1. The summed E-state index contributed by atoms with van der Waals surface area (Å²) < 4.78 is 32.1. The van der Waals surface area contributed by atoms with Gasteiger partial charge in [-0.15, -0.1) is 4.40 Å². The largest absolute Gasteiger partial charge is 0.481 e. The van der Waals surface area contributed by atoms with Gasteiger partial charge < -0.3 is 19.6 Å². The van der Waals surface area contributed by atoms with Crippen LogP contribution in [0.4, 0.5) is 0 Å². The lowest BCUT2D eigenvalue weighted by molar-refractivity contribution is -0.142. The predicted molar refractivity (Wildman–Crippen MR) is 99.6 cm³/mol. The second-order valence-electron chi connectivity index (χ2n) is 6.39. The molecule has 1 amide bonds. The van der Waals surface area contributed by atoms with Gasteiger partial charge in [-0.05, 0) is 25.5 Å². The Bertz CT molecular complexity index is 772. The van der Waals surface area contributed by atoms with E-state index in [4.69, 9.17) is 9.84 Å². The van der Waals surface area contributed by atoms with Crippen LogP contribution >= 0.6 is 0 Å². The fourth-order valence-corrected chi connectivity index (χ4v) is 3.67. The van der Waals surface area contributed by atoms with Crippen LogP contribution < -0.4 is 0 Å². The monoisotopic (exact) mass is 399 g/mol. The van der Waals surface area contributed by atoms with Crippen molar-refractivity contribution in [3.05, 3.63) is 23.9 Å². The maximum absolute atomic E-state index is 12.9. The molecule has 0 aromatic carbocycles. The average Bonchev–Trinajstić information content (AvgIpc) is 2.62. The molecule has 0 spiro atoms. The summed E-state index contributed by atoms with van der Waals surface area (Å²) >= 11 is 0. The Morgan fingerprint density at radius 2 is 2.15 bits per heavy atom. The van der Waals surface area contributed by atoms with E-state index in [1.165, 1.54) is 17.1 Å². The highest BCUT2D eigenvalue weighted by Gasteiger charge is 2.27. The Morgan fingerprint density at radius 3 is 2.81 bits per heavy atom. The molecule has 10 heteroatoms. The summed E-state index contributed by atoms with van der Waals surface area (Å²) in [6.45, 7) is 5.17. The van der Waals surface area contributed by atoms with Crippen molar-refractivity contribution in [2.75, 3.05) is 38.6 Å². The molecule has 0 bridgehead atoms. The molecule has 2 heterocycles. The lowest BCUT2D eigenvalue weighted by Gasteiger charge is -2.30. The third-order valence-corrected chi connectivity index (χ3v) is 5.36. The summed E-state index contributed by atoms with van der Waals surface area (Å²) in [5.41, 5.74) is 0.363. The molecule has 0 aromatic rings. The second-order valence-corrected chi connectivity index (χ2v) is 8.14. The lowest BCUT2D eigenvalue weighted by Crippen LogP contribution is -2.41. The average molecular weight is 399 g/mol. The summed E-state index contributed by atoms with van der Waals surface area (Å²) in [5, 5.41) is 9.16. The third kappa shape index (κ3) is 5.90. The second kappa shape index (κ2) is 9.14. The molecule has 1 atom stereocenters. The van der Waals surface area contributed by atoms with E-state index >= 15 is 0 Å². The molecule has 2 aliphatic heterocycles. The first-order valence-corrected chi connectivity index (χ1v) is 10.4. The number of amidine groups is 1. The summed E-state index contributed by atoms with van der Waals surface area (Å²) in [6.07, 6.45) is 5.16. The van der Waals surface area contributed by atoms with Crippen molar-refractivity contribution in [2.45, 2.75) is 20.3 Å². The number of ether oxygens (including phenoxy) is 1. The van der Waals surface area contributed by atoms with Gasteiger partial charge in [-0.3, -0.25) is 9.59 Å². The van der Waals surface area contributed by atoms with Crippen LogP contribution in [0, 0.1) is 5.92 Å². The van der Waals surface area contributed by atoms with Crippen LogP contribution in [0.1, 0.15) is 20.3 Å². The number of rotatable bonds is 9. The third-order valence-electron chi connectivity index (χ3n) is 4.19. The van der Waals surface area contributed by atoms with E-state index in [1.807, 2.05) is 6.92 Å². The minimum absolute atomic E-state index is 0.0841. The highest BCUT2D eigenvalue weighted by atomic mass is 32.2. The van der Waals surface area contributed by atoms with Gasteiger partial charge in [0.15, 0.2) is 0 Å². The number of hydrogen-bond acceptors (Lipinski definition) is 6. The fourth-order valence-electron chi connectivity index (χ4n) is 2.70. The first kappa shape index (κ1) is 21.1. The fraction of sp³-hybridized carbons (Fsp3) is 0.588. The van der Waals surface area contributed by atoms with Crippen LogP contribution in [0.2, 0.25) is 0 Å². The first-order chi connectivity index (χ1) is 12.7. The number of carboxylic acids is 1. The maximum Gasteiger partial charge on any atom is 0.308 e. The molecular formula is C17H25N3O6S. The highest BCUT2D eigenvalue weighted by Crippen LogP contribution is 2.18. The number of carboxylic acid groups (broad SMARTS) is 1. The van der Waals surface area contributed by atoms with Crippen LogP contribution in [0.25, 0.3) is 0 Å². The van der Waals surface area contributed by atoms with Crippen LogP contribution in [-0.4, -0.2) is 79.6 Å². The Hall–Kier alpha value is -2.20. The molecule has 0 fully saturated rings. The number of amides is 1. The quantitative estimate of drug-likeness (QED) is 0.560. The van der Waals surface area contributed by atoms with E-state index in [0.29, 0.717) is 31.8 Å². The number of aliphatic carboxylic acids is 1. The van der Waals surface area contributed by atoms with Crippen molar-refractivity contribution < 1.29 is 27.9 Å². The Labute approximate surface area is 159 Å². The van der Waals surface area contributed by atoms with Crippen LogP contribution in [0.5, 0.6) is 0 Å². The van der Waals surface area contributed by atoms with Crippen LogP contribution in [0.3, 0.4) is 0 Å². The first-order valence-electron chi connectivity index (χ1n) is 8.82. The number of carbonyl (C=O) groups is 2. The van der Waals surface area contributed by atoms with Gasteiger partial charge in [-0.2, -0.15) is 0 Å². The van der Waals surface area contributed by atoms with E-state index in [1.54, 1.807) is 18.0 Å². The molecule has 0 saturated heterocycles. The van der Waals surface area contributed by atoms with E-state index < -0.39 is 21.9 Å². The van der Waals surface area contributed by atoms with Gasteiger partial charge in [0.05, 0.1) is 17.2 Å². The van der Waals surface area contributed by atoms with Crippen molar-refractivity contribution >= 4 is 27.7 Å².